The highest BCUT2D eigenvalue weighted by atomic mass is 16.1. The first-order chi connectivity index (χ1) is 11.5. The number of rotatable bonds is 0. The fourth-order valence-corrected chi connectivity index (χ4v) is 7.01. The van der Waals surface area contributed by atoms with Crippen LogP contribution in [0.5, 0.6) is 0 Å². The van der Waals surface area contributed by atoms with Gasteiger partial charge in [-0.1, -0.05) is 13.8 Å². The van der Waals surface area contributed by atoms with Crippen molar-refractivity contribution in [1.29, 1.82) is 0 Å². The number of ketones is 2. The predicted octanol–water partition coefficient (Wildman–Crippen LogP) is 3.07. The molecule has 5 heteroatoms. The molecule has 0 saturated heterocycles. The van der Waals surface area contributed by atoms with E-state index in [1.54, 1.807) is 0 Å². The molecule has 5 rings (SSSR count). The van der Waals surface area contributed by atoms with Crippen LogP contribution in [0.4, 0.5) is 0 Å². The number of hydrogen-bond donors (Lipinski definition) is 1. The summed E-state index contributed by atoms with van der Waals surface area (Å²) in [4.78, 5) is 24.9. The van der Waals surface area contributed by atoms with Gasteiger partial charge in [0.2, 0.25) is 0 Å². The molecule has 0 amide bonds. The molecule has 5 nitrogen and oxygen atoms in total. The molecule has 0 radical (unpaired) electrons. The number of carbonyl (C=O) groups is 2. The molecule has 0 aromatic carbocycles. The number of nitrogens with one attached hydrogen (secondary N) is 1. The summed E-state index contributed by atoms with van der Waals surface area (Å²) in [7, 11) is 0. The Balaban J connectivity index is 1.60. The van der Waals surface area contributed by atoms with Gasteiger partial charge in [0.1, 0.15) is 5.78 Å². The van der Waals surface area contributed by atoms with Gasteiger partial charge in [-0.2, -0.15) is 15.4 Å². The van der Waals surface area contributed by atoms with Gasteiger partial charge >= 0.3 is 0 Å². The van der Waals surface area contributed by atoms with Crippen LogP contribution in [0.15, 0.2) is 0 Å². The van der Waals surface area contributed by atoms with Crippen LogP contribution in [0.2, 0.25) is 0 Å². The van der Waals surface area contributed by atoms with Crippen molar-refractivity contribution >= 4 is 11.6 Å². The molecule has 0 aliphatic heterocycles. The van der Waals surface area contributed by atoms with E-state index in [2.05, 4.69) is 29.3 Å². The molecular weight excluding hydrogens is 302 g/mol. The van der Waals surface area contributed by atoms with Gasteiger partial charge < -0.3 is 0 Å². The maximum Gasteiger partial charge on any atom is 0.185 e. The van der Waals surface area contributed by atoms with Crippen LogP contribution < -0.4 is 0 Å². The average Bonchev–Trinajstić information content (AvgIpc) is 3.16. The van der Waals surface area contributed by atoms with Crippen LogP contribution in [0.1, 0.15) is 75.0 Å². The third-order valence-electron chi connectivity index (χ3n) is 8.37. The summed E-state index contributed by atoms with van der Waals surface area (Å²) in [5.74, 6) is 2.65. The van der Waals surface area contributed by atoms with Gasteiger partial charge in [-0.15, -0.1) is 0 Å². The topological polar surface area (TPSA) is 75.7 Å². The van der Waals surface area contributed by atoms with Crippen molar-refractivity contribution in [3.63, 3.8) is 0 Å². The Morgan fingerprint density at radius 3 is 2.71 bits per heavy atom. The number of Topliss-reactive ketones (excluding diaryl/α,β-unsaturated/α-hetero) is 2. The van der Waals surface area contributed by atoms with Crippen molar-refractivity contribution in [3.8, 4) is 0 Å². The lowest BCUT2D eigenvalue weighted by atomic mass is 9.45. The highest BCUT2D eigenvalue weighted by Gasteiger charge is 2.62. The van der Waals surface area contributed by atoms with Crippen LogP contribution in [-0.2, 0) is 10.2 Å². The van der Waals surface area contributed by atoms with Crippen LogP contribution in [-0.4, -0.2) is 27.0 Å². The van der Waals surface area contributed by atoms with Crippen LogP contribution in [0.25, 0.3) is 0 Å². The van der Waals surface area contributed by atoms with Gasteiger partial charge in [0.05, 0.1) is 5.69 Å². The first-order valence-corrected chi connectivity index (χ1v) is 9.44. The summed E-state index contributed by atoms with van der Waals surface area (Å²) >= 11 is 0. The Kier molecular flexibility index (Phi) is 2.81. The van der Waals surface area contributed by atoms with Crippen LogP contribution in [0.3, 0.4) is 0 Å². The van der Waals surface area contributed by atoms with E-state index in [4.69, 9.17) is 0 Å². The second-order valence-electron chi connectivity index (χ2n) is 9.00. The number of carbonyl (C=O) groups excluding carboxylic acids is 2. The lowest BCUT2D eigenvalue weighted by molar-refractivity contribution is -0.133. The molecule has 0 bridgehead atoms. The van der Waals surface area contributed by atoms with Crippen molar-refractivity contribution in [1.82, 2.24) is 15.4 Å². The third-order valence-corrected chi connectivity index (χ3v) is 8.37. The summed E-state index contributed by atoms with van der Waals surface area (Å²) < 4.78 is 0. The quantitative estimate of drug-likeness (QED) is 0.794. The van der Waals surface area contributed by atoms with E-state index < -0.39 is 0 Å². The average molecular weight is 327 g/mol. The molecule has 4 aliphatic carbocycles. The maximum atomic E-state index is 12.5. The zero-order valence-electron chi connectivity index (χ0n) is 14.5. The molecule has 0 spiro atoms. The fraction of sp³-hybridized carbons (Fsp3) is 0.789. The van der Waals surface area contributed by atoms with Crippen LogP contribution >= 0.6 is 0 Å². The van der Waals surface area contributed by atoms with Crippen molar-refractivity contribution in [2.75, 3.05) is 0 Å². The van der Waals surface area contributed by atoms with Crippen molar-refractivity contribution in [2.24, 2.45) is 29.1 Å². The first kappa shape index (κ1) is 14.8. The number of fused-ring (bicyclic) bond motifs is 7. The summed E-state index contributed by atoms with van der Waals surface area (Å²) in [6, 6.07) is 0. The molecular formula is C19H25N3O2. The van der Waals surface area contributed by atoms with E-state index in [1.807, 2.05) is 0 Å². The zero-order valence-corrected chi connectivity index (χ0v) is 14.5. The molecule has 1 N–H and O–H groups in total. The fourth-order valence-electron chi connectivity index (χ4n) is 7.01. The van der Waals surface area contributed by atoms with E-state index in [1.165, 1.54) is 6.42 Å². The Labute approximate surface area is 142 Å². The molecule has 1 aromatic rings. The van der Waals surface area contributed by atoms with E-state index in [0.29, 0.717) is 41.6 Å². The normalized spacial score (nSPS) is 46.9. The third kappa shape index (κ3) is 1.56. The van der Waals surface area contributed by atoms with Gasteiger partial charge in [0, 0.05) is 23.7 Å². The lowest BCUT2D eigenvalue weighted by Gasteiger charge is -2.58. The molecule has 6 atom stereocenters. The van der Waals surface area contributed by atoms with Crippen molar-refractivity contribution < 1.29 is 9.59 Å². The SMILES string of the molecule is C[C@]12c3n[nH]nc3C(=O)C[C@@H]1CC[C@@H]1[C@@H]2CC[C@]2(C)C(=O)CC[C@@H]12. The molecule has 3 fully saturated rings. The summed E-state index contributed by atoms with van der Waals surface area (Å²) in [5.41, 5.74) is 1.32. The minimum absolute atomic E-state index is 0.0634. The summed E-state index contributed by atoms with van der Waals surface area (Å²) in [6.45, 7) is 4.53. The molecule has 0 unspecified atom stereocenters. The Morgan fingerprint density at radius 2 is 1.88 bits per heavy atom. The van der Waals surface area contributed by atoms with E-state index in [9.17, 15) is 9.59 Å². The Bertz CT molecular complexity index is 741. The number of aromatic amines is 1. The standard InChI is InChI=1S/C19H25N3O2/c1-18-8-7-13-11(12(18)5-6-15(18)24)4-3-10-9-14(23)16-17(19(10,13)2)21-22-20-16/h10-13H,3-9H2,1-2H3,(H,20,21,22)/t10-,11-,12-,13-,18-,19-/m0/s1. The predicted molar refractivity (Wildman–Crippen MR) is 87.5 cm³/mol. The molecule has 4 aliphatic rings. The molecule has 3 saturated carbocycles. The highest BCUT2D eigenvalue weighted by Crippen LogP contribution is 2.64. The van der Waals surface area contributed by atoms with E-state index >= 15 is 0 Å². The summed E-state index contributed by atoms with van der Waals surface area (Å²) in [5, 5.41) is 11.3. The monoisotopic (exact) mass is 327 g/mol. The first-order valence-electron chi connectivity index (χ1n) is 9.44. The van der Waals surface area contributed by atoms with Crippen LogP contribution in [0, 0.1) is 29.1 Å². The smallest absolute Gasteiger partial charge is 0.185 e. The van der Waals surface area contributed by atoms with Gasteiger partial charge in [0.15, 0.2) is 11.5 Å². The Morgan fingerprint density at radius 1 is 1.04 bits per heavy atom. The number of nitrogens with zero attached hydrogens (tertiary/aromatic N) is 2. The van der Waals surface area contributed by atoms with E-state index in [0.717, 1.165) is 37.8 Å². The van der Waals surface area contributed by atoms with Gasteiger partial charge in [-0.3, -0.25) is 9.59 Å². The maximum absolute atomic E-state index is 12.5. The van der Waals surface area contributed by atoms with Gasteiger partial charge in [-0.05, 0) is 55.8 Å². The van der Waals surface area contributed by atoms with Crippen molar-refractivity contribution in [2.45, 2.75) is 64.2 Å². The molecule has 128 valence electrons. The number of hydrogen-bond acceptors (Lipinski definition) is 4. The zero-order chi connectivity index (χ0) is 16.7. The second kappa shape index (κ2) is 4.55. The second-order valence-corrected chi connectivity index (χ2v) is 9.00. The number of aromatic nitrogens is 3. The number of H-pyrrole nitrogens is 1. The molecule has 1 aromatic heterocycles. The van der Waals surface area contributed by atoms with Crippen molar-refractivity contribution in [3.05, 3.63) is 11.4 Å². The highest BCUT2D eigenvalue weighted by molar-refractivity contribution is 5.97. The molecule has 24 heavy (non-hydrogen) atoms. The Hall–Kier alpha value is -1.52. The minimum Gasteiger partial charge on any atom is -0.299 e. The summed E-state index contributed by atoms with van der Waals surface area (Å²) in [6.07, 6.45) is 6.76. The van der Waals surface area contributed by atoms with Gasteiger partial charge in [-0.25, -0.2) is 0 Å². The molecule has 1 heterocycles. The lowest BCUT2D eigenvalue weighted by Crippen LogP contribution is -2.56. The van der Waals surface area contributed by atoms with E-state index in [-0.39, 0.29) is 16.6 Å². The largest absolute Gasteiger partial charge is 0.299 e. The minimum atomic E-state index is -0.0957. The van der Waals surface area contributed by atoms with Gasteiger partial charge in [0.25, 0.3) is 0 Å².